The van der Waals surface area contributed by atoms with E-state index in [2.05, 4.69) is 146 Å². The molecule has 10 rings (SSSR count). The zero-order valence-electron chi connectivity index (χ0n) is 24.4. The largest absolute Gasteiger partial charge is 0.456 e. The lowest BCUT2D eigenvalue weighted by molar-refractivity contribution is 0.487. The van der Waals surface area contributed by atoms with Crippen molar-refractivity contribution in [3.63, 3.8) is 0 Å². The molecule has 0 spiro atoms. The zero-order valence-corrected chi connectivity index (χ0v) is 24.4. The van der Waals surface area contributed by atoms with E-state index in [1.165, 1.54) is 81.7 Å². The van der Waals surface area contributed by atoms with Gasteiger partial charge in [-0.1, -0.05) is 127 Å². The van der Waals surface area contributed by atoms with Gasteiger partial charge in [0.1, 0.15) is 11.5 Å². The number of fused-ring (bicyclic) bond motifs is 7. The summed E-state index contributed by atoms with van der Waals surface area (Å²) in [5.74, 6) is 1.84. The summed E-state index contributed by atoms with van der Waals surface area (Å²) < 4.78 is 6.35. The predicted molar refractivity (Wildman–Crippen MR) is 190 cm³/mol. The molecule has 9 aromatic rings. The number of ether oxygens (including phenoxy) is 1. The summed E-state index contributed by atoms with van der Waals surface area (Å²) in [4.78, 5) is 0. The molecule has 0 saturated heterocycles. The van der Waals surface area contributed by atoms with Crippen LogP contribution in [0.25, 0.3) is 87.2 Å². The molecule has 208 valence electrons. The van der Waals surface area contributed by atoms with Gasteiger partial charge in [0, 0.05) is 10.9 Å². The Balaban J connectivity index is 1.15. The van der Waals surface area contributed by atoms with Crippen LogP contribution in [0.2, 0.25) is 0 Å². The van der Waals surface area contributed by atoms with Crippen LogP contribution in [-0.4, -0.2) is 0 Å². The van der Waals surface area contributed by atoms with Crippen molar-refractivity contribution in [3.8, 4) is 44.9 Å². The standard InChI is InChI=1S/C44H26O/c1-3-10-33-27(8-1)20-21-39-40(33)26-30-9-2-4-11-35(30)43(39)32-19-17-28-24-31(18-16-29(28)25-32)34-22-23-42-44-37(34)13-7-14-38(44)36-12-5-6-15-41(36)45-42/h1-26H. The van der Waals surface area contributed by atoms with Crippen LogP contribution >= 0.6 is 0 Å². The Kier molecular flexibility index (Phi) is 5.06. The quantitative estimate of drug-likeness (QED) is 0.148. The highest BCUT2D eigenvalue weighted by molar-refractivity contribution is 6.20. The van der Waals surface area contributed by atoms with Crippen molar-refractivity contribution >= 4 is 53.9 Å². The first kappa shape index (κ1) is 24.5. The topological polar surface area (TPSA) is 9.23 Å². The van der Waals surface area contributed by atoms with Gasteiger partial charge in [-0.05, 0) is 107 Å². The molecule has 0 atom stereocenters. The number of hydrogen-bond acceptors (Lipinski definition) is 1. The van der Waals surface area contributed by atoms with Crippen molar-refractivity contribution in [2.45, 2.75) is 0 Å². The van der Waals surface area contributed by atoms with Crippen LogP contribution in [-0.2, 0) is 0 Å². The van der Waals surface area contributed by atoms with E-state index in [4.69, 9.17) is 4.74 Å². The van der Waals surface area contributed by atoms with Crippen molar-refractivity contribution in [2.75, 3.05) is 0 Å². The molecule has 0 saturated carbocycles. The van der Waals surface area contributed by atoms with E-state index >= 15 is 0 Å². The molecule has 0 N–H and O–H groups in total. The Labute approximate surface area is 260 Å². The van der Waals surface area contributed by atoms with E-state index in [1.807, 2.05) is 12.1 Å². The molecular weight excluding hydrogens is 544 g/mol. The molecule has 0 bridgehead atoms. The van der Waals surface area contributed by atoms with E-state index < -0.39 is 0 Å². The molecule has 0 amide bonds. The molecule has 1 heteroatoms. The Bertz CT molecular complexity index is 2680. The third-order valence-electron chi connectivity index (χ3n) is 9.61. The summed E-state index contributed by atoms with van der Waals surface area (Å²) in [7, 11) is 0. The Hall–Kier alpha value is -5.92. The van der Waals surface area contributed by atoms with Crippen molar-refractivity contribution in [2.24, 2.45) is 0 Å². The molecule has 9 aromatic carbocycles. The number of hydrogen-bond donors (Lipinski definition) is 0. The van der Waals surface area contributed by atoms with Crippen LogP contribution in [0.4, 0.5) is 0 Å². The highest BCUT2D eigenvalue weighted by atomic mass is 16.5. The number of benzene rings is 9. The van der Waals surface area contributed by atoms with Gasteiger partial charge in [0.2, 0.25) is 0 Å². The second-order valence-corrected chi connectivity index (χ2v) is 12.1. The summed E-state index contributed by atoms with van der Waals surface area (Å²) in [6.45, 7) is 0. The van der Waals surface area contributed by atoms with Crippen LogP contribution in [0.15, 0.2) is 158 Å². The lowest BCUT2D eigenvalue weighted by Gasteiger charge is -2.22. The molecule has 0 aromatic heterocycles. The highest BCUT2D eigenvalue weighted by Gasteiger charge is 2.21. The monoisotopic (exact) mass is 570 g/mol. The lowest BCUT2D eigenvalue weighted by Crippen LogP contribution is -1.97. The van der Waals surface area contributed by atoms with E-state index in [1.54, 1.807) is 0 Å². The van der Waals surface area contributed by atoms with Crippen molar-refractivity contribution in [3.05, 3.63) is 158 Å². The second-order valence-electron chi connectivity index (χ2n) is 12.1. The van der Waals surface area contributed by atoms with Gasteiger partial charge in [0.15, 0.2) is 0 Å². The van der Waals surface area contributed by atoms with Gasteiger partial charge in [-0.2, -0.15) is 0 Å². The molecule has 1 aliphatic heterocycles. The second kappa shape index (κ2) is 9.29. The molecule has 1 nitrogen and oxygen atoms in total. The van der Waals surface area contributed by atoms with Gasteiger partial charge in [-0.3, -0.25) is 0 Å². The van der Waals surface area contributed by atoms with Crippen LogP contribution in [0.1, 0.15) is 0 Å². The fourth-order valence-corrected chi connectivity index (χ4v) is 7.53. The van der Waals surface area contributed by atoms with Gasteiger partial charge in [0.25, 0.3) is 0 Å². The summed E-state index contributed by atoms with van der Waals surface area (Å²) in [6, 6.07) is 57.4. The van der Waals surface area contributed by atoms with Crippen LogP contribution < -0.4 is 4.74 Å². The third-order valence-corrected chi connectivity index (χ3v) is 9.61. The molecule has 1 aliphatic rings. The molecule has 0 aliphatic carbocycles. The molecule has 45 heavy (non-hydrogen) atoms. The first-order valence-electron chi connectivity index (χ1n) is 15.5. The predicted octanol–water partition coefficient (Wildman–Crippen LogP) is 12.6. The Morgan fingerprint density at radius 1 is 0.311 bits per heavy atom. The summed E-state index contributed by atoms with van der Waals surface area (Å²) in [5, 5.41) is 12.6. The zero-order chi connectivity index (χ0) is 29.5. The van der Waals surface area contributed by atoms with Gasteiger partial charge in [0.05, 0.1) is 0 Å². The maximum absolute atomic E-state index is 6.35. The van der Waals surface area contributed by atoms with Gasteiger partial charge < -0.3 is 4.74 Å². The maximum atomic E-state index is 6.35. The molecule has 1 heterocycles. The van der Waals surface area contributed by atoms with Gasteiger partial charge >= 0.3 is 0 Å². The maximum Gasteiger partial charge on any atom is 0.135 e. The Morgan fingerprint density at radius 3 is 1.91 bits per heavy atom. The van der Waals surface area contributed by atoms with E-state index in [0.717, 1.165) is 17.1 Å². The fourth-order valence-electron chi connectivity index (χ4n) is 7.53. The minimum Gasteiger partial charge on any atom is -0.456 e. The lowest BCUT2D eigenvalue weighted by atomic mass is 9.88. The normalized spacial score (nSPS) is 12.2. The van der Waals surface area contributed by atoms with Gasteiger partial charge in [-0.15, -0.1) is 0 Å². The van der Waals surface area contributed by atoms with Crippen molar-refractivity contribution in [1.82, 2.24) is 0 Å². The number of para-hydroxylation sites is 1. The van der Waals surface area contributed by atoms with E-state index in [-0.39, 0.29) is 0 Å². The average Bonchev–Trinajstić information content (AvgIpc) is 3.10. The summed E-state index contributed by atoms with van der Waals surface area (Å²) >= 11 is 0. The van der Waals surface area contributed by atoms with E-state index in [9.17, 15) is 0 Å². The SMILES string of the molecule is c1ccc2c(c1)Oc1ccc(-c3ccc4cc(-c5c6ccccc6cc6c5ccc5ccccc56)ccc4c3)c3cccc-2c13. The summed E-state index contributed by atoms with van der Waals surface area (Å²) in [5.41, 5.74) is 7.34. The summed E-state index contributed by atoms with van der Waals surface area (Å²) in [6.07, 6.45) is 0. The number of rotatable bonds is 2. The smallest absolute Gasteiger partial charge is 0.135 e. The minimum absolute atomic E-state index is 0.916. The van der Waals surface area contributed by atoms with Crippen molar-refractivity contribution in [1.29, 1.82) is 0 Å². The third kappa shape index (κ3) is 3.62. The molecule has 0 radical (unpaired) electrons. The first-order valence-corrected chi connectivity index (χ1v) is 15.5. The highest BCUT2D eigenvalue weighted by Crippen LogP contribution is 2.48. The minimum atomic E-state index is 0.916. The van der Waals surface area contributed by atoms with Crippen LogP contribution in [0, 0.1) is 0 Å². The van der Waals surface area contributed by atoms with E-state index in [0.29, 0.717) is 0 Å². The van der Waals surface area contributed by atoms with Gasteiger partial charge in [-0.25, -0.2) is 0 Å². The molecular formula is C44H26O. The molecule has 0 fully saturated rings. The van der Waals surface area contributed by atoms with Crippen LogP contribution in [0.5, 0.6) is 11.5 Å². The average molecular weight is 571 g/mol. The first-order chi connectivity index (χ1) is 22.3. The Morgan fingerprint density at radius 2 is 1.00 bits per heavy atom. The fraction of sp³-hybridized carbons (Fsp3) is 0. The van der Waals surface area contributed by atoms with Crippen LogP contribution in [0.3, 0.4) is 0 Å². The molecule has 0 unspecified atom stereocenters. The van der Waals surface area contributed by atoms with Crippen molar-refractivity contribution < 1.29 is 4.74 Å².